The normalized spacial score (nSPS) is 22.0. The van der Waals surface area contributed by atoms with E-state index in [2.05, 4.69) is 4.98 Å². The molecule has 23 heavy (non-hydrogen) atoms. The number of nitrogens with zero attached hydrogens (tertiary/aromatic N) is 3. The third-order valence-electron chi connectivity index (χ3n) is 4.38. The second kappa shape index (κ2) is 6.19. The molecule has 4 nitrogen and oxygen atoms in total. The zero-order chi connectivity index (χ0) is 16.6. The molecular weight excluding hydrogens is 331 g/mol. The predicted molar refractivity (Wildman–Crippen MR) is 80.4 cm³/mol. The van der Waals surface area contributed by atoms with Gasteiger partial charge in [-0.2, -0.15) is 13.2 Å². The molecule has 0 N–H and O–H groups in total. The summed E-state index contributed by atoms with van der Waals surface area (Å²) < 4.78 is 38.1. The van der Waals surface area contributed by atoms with E-state index in [1.54, 1.807) is 4.90 Å². The van der Waals surface area contributed by atoms with Gasteiger partial charge in [-0.1, -0.05) is 11.6 Å². The molecule has 0 aliphatic carbocycles. The van der Waals surface area contributed by atoms with Crippen LogP contribution in [0.25, 0.3) is 0 Å². The van der Waals surface area contributed by atoms with Crippen molar-refractivity contribution >= 4 is 23.3 Å². The third kappa shape index (κ3) is 3.24. The van der Waals surface area contributed by atoms with Crippen molar-refractivity contribution in [2.45, 2.75) is 37.9 Å². The molecule has 1 unspecified atom stereocenters. The van der Waals surface area contributed by atoms with Crippen LogP contribution in [0, 0.1) is 0 Å². The van der Waals surface area contributed by atoms with E-state index in [9.17, 15) is 18.0 Å². The average molecular weight is 348 g/mol. The summed E-state index contributed by atoms with van der Waals surface area (Å²) in [6, 6.07) is 0.495. The second-order valence-corrected chi connectivity index (χ2v) is 6.32. The Kier molecular flexibility index (Phi) is 4.40. The Labute approximate surface area is 137 Å². The first kappa shape index (κ1) is 16.4. The predicted octanol–water partition coefficient (Wildman–Crippen LogP) is 3.35. The number of alkyl halides is 3. The lowest BCUT2D eigenvalue weighted by molar-refractivity contribution is -0.138. The van der Waals surface area contributed by atoms with Crippen molar-refractivity contribution in [2.75, 3.05) is 24.5 Å². The van der Waals surface area contributed by atoms with Crippen molar-refractivity contribution in [3.63, 3.8) is 0 Å². The third-order valence-corrected chi connectivity index (χ3v) is 4.65. The monoisotopic (exact) mass is 347 g/mol. The largest absolute Gasteiger partial charge is 0.417 e. The van der Waals surface area contributed by atoms with E-state index in [1.165, 1.54) is 0 Å². The lowest BCUT2D eigenvalue weighted by atomic mass is 10.2. The minimum Gasteiger partial charge on any atom is -0.343 e. The zero-order valence-electron chi connectivity index (χ0n) is 12.4. The summed E-state index contributed by atoms with van der Waals surface area (Å²) in [5.74, 6) is 0.285. The maximum atomic E-state index is 12.7. The zero-order valence-corrected chi connectivity index (χ0v) is 13.2. The topological polar surface area (TPSA) is 36.4 Å². The van der Waals surface area contributed by atoms with Gasteiger partial charge in [-0.25, -0.2) is 4.98 Å². The molecule has 0 aromatic carbocycles. The summed E-state index contributed by atoms with van der Waals surface area (Å²) in [4.78, 5) is 20.1. The van der Waals surface area contributed by atoms with Crippen LogP contribution in [0.3, 0.4) is 0 Å². The number of anilines is 1. The van der Waals surface area contributed by atoms with E-state index in [4.69, 9.17) is 11.6 Å². The van der Waals surface area contributed by atoms with E-state index in [0.717, 1.165) is 44.6 Å². The Morgan fingerprint density at radius 3 is 2.52 bits per heavy atom. The Morgan fingerprint density at radius 2 is 1.91 bits per heavy atom. The second-order valence-electron chi connectivity index (χ2n) is 5.91. The van der Waals surface area contributed by atoms with Crippen LogP contribution in [0.2, 0.25) is 5.02 Å². The summed E-state index contributed by atoms with van der Waals surface area (Å²) in [5, 5.41) is -0.0686. The van der Waals surface area contributed by atoms with Gasteiger partial charge in [0, 0.05) is 25.8 Å². The van der Waals surface area contributed by atoms with Crippen LogP contribution >= 0.6 is 11.6 Å². The first-order valence-electron chi connectivity index (χ1n) is 7.66. The number of carbonyl (C=O) groups excluding carboxylic acids is 1. The van der Waals surface area contributed by atoms with Crippen LogP contribution in [-0.4, -0.2) is 41.5 Å². The molecule has 126 valence electrons. The van der Waals surface area contributed by atoms with E-state index < -0.39 is 11.7 Å². The number of likely N-dealkylation sites (tertiary alicyclic amines) is 1. The first-order valence-corrected chi connectivity index (χ1v) is 8.04. The Morgan fingerprint density at radius 1 is 1.22 bits per heavy atom. The van der Waals surface area contributed by atoms with Gasteiger partial charge < -0.3 is 9.80 Å². The highest BCUT2D eigenvalue weighted by Gasteiger charge is 2.37. The molecule has 2 saturated heterocycles. The Bertz CT molecular complexity index is 602. The smallest absolute Gasteiger partial charge is 0.343 e. The summed E-state index contributed by atoms with van der Waals surface area (Å²) in [6.07, 6.45) is -0.241. The molecule has 8 heteroatoms. The van der Waals surface area contributed by atoms with Gasteiger partial charge in [0.25, 0.3) is 0 Å². The molecule has 0 bridgehead atoms. The number of amides is 1. The van der Waals surface area contributed by atoms with Gasteiger partial charge >= 0.3 is 6.18 Å². The molecule has 2 aliphatic heterocycles. The number of hydrogen-bond acceptors (Lipinski definition) is 3. The van der Waals surface area contributed by atoms with Crippen molar-refractivity contribution in [3.8, 4) is 0 Å². The Balaban J connectivity index is 1.83. The SMILES string of the molecule is O=C(C1CCCN1c1ncc(C(F)(F)F)cc1Cl)N1CCCC1. The Hall–Kier alpha value is -1.50. The summed E-state index contributed by atoms with van der Waals surface area (Å²) in [6.45, 7) is 2.07. The van der Waals surface area contributed by atoms with Crippen LogP contribution in [0.4, 0.5) is 19.0 Å². The van der Waals surface area contributed by atoms with E-state index in [0.29, 0.717) is 13.0 Å². The highest BCUT2D eigenvalue weighted by atomic mass is 35.5. The van der Waals surface area contributed by atoms with Gasteiger partial charge in [-0.15, -0.1) is 0 Å². The summed E-state index contributed by atoms with van der Waals surface area (Å²) in [5.41, 5.74) is -0.882. The molecule has 3 heterocycles. The molecule has 2 aliphatic rings. The van der Waals surface area contributed by atoms with Gasteiger partial charge in [0.15, 0.2) is 0 Å². The van der Waals surface area contributed by atoms with Crippen molar-refractivity contribution in [1.82, 2.24) is 9.88 Å². The molecule has 3 rings (SSSR count). The van der Waals surface area contributed by atoms with Gasteiger partial charge in [-0.3, -0.25) is 4.79 Å². The maximum Gasteiger partial charge on any atom is 0.417 e. The molecule has 1 amide bonds. The van der Waals surface area contributed by atoms with Gasteiger partial charge in [0.1, 0.15) is 11.9 Å². The van der Waals surface area contributed by atoms with E-state index >= 15 is 0 Å². The average Bonchev–Trinajstić information content (AvgIpc) is 3.17. The van der Waals surface area contributed by atoms with Crippen molar-refractivity contribution in [3.05, 3.63) is 22.8 Å². The van der Waals surface area contributed by atoms with Crippen LogP contribution in [0.15, 0.2) is 12.3 Å². The molecular formula is C15H17ClF3N3O. The van der Waals surface area contributed by atoms with Crippen LogP contribution in [0.1, 0.15) is 31.2 Å². The fourth-order valence-electron chi connectivity index (χ4n) is 3.22. The van der Waals surface area contributed by atoms with E-state index in [-0.39, 0.29) is 22.8 Å². The molecule has 0 spiro atoms. The van der Waals surface area contributed by atoms with Gasteiger partial charge in [0.2, 0.25) is 5.91 Å². The fourth-order valence-corrected chi connectivity index (χ4v) is 3.50. The minimum absolute atomic E-state index is 0.0257. The number of rotatable bonds is 2. The van der Waals surface area contributed by atoms with Crippen LogP contribution in [0.5, 0.6) is 0 Å². The number of pyridine rings is 1. The van der Waals surface area contributed by atoms with Crippen molar-refractivity contribution < 1.29 is 18.0 Å². The van der Waals surface area contributed by atoms with E-state index in [1.807, 2.05) is 4.90 Å². The molecule has 1 aromatic rings. The van der Waals surface area contributed by atoms with Gasteiger partial charge in [-0.05, 0) is 31.7 Å². The standard InChI is InChI=1S/C15H17ClF3N3O/c16-11-8-10(15(17,18)19)9-20-13(11)22-7-3-4-12(22)14(23)21-5-1-2-6-21/h8-9,12H,1-7H2. The molecule has 1 aromatic heterocycles. The van der Waals surface area contributed by atoms with Crippen molar-refractivity contribution in [1.29, 1.82) is 0 Å². The van der Waals surface area contributed by atoms with Crippen LogP contribution in [-0.2, 0) is 11.0 Å². The summed E-state index contributed by atoms with van der Waals surface area (Å²) in [7, 11) is 0. The quantitative estimate of drug-likeness (QED) is 0.823. The molecule has 2 fully saturated rings. The van der Waals surface area contributed by atoms with Crippen molar-refractivity contribution in [2.24, 2.45) is 0 Å². The van der Waals surface area contributed by atoms with Gasteiger partial charge in [0.05, 0.1) is 10.6 Å². The lowest BCUT2D eigenvalue weighted by Crippen LogP contribution is -2.45. The summed E-state index contributed by atoms with van der Waals surface area (Å²) >= 11 is 6.02. The first-order chi connectivity index (χ1) is 10.9. The molecule has 1 atom stereocenters. The molecule has 0 saturated carbocycles. The maximum absolute atomic E-state index is 12.7. The molecule has 0 radical (unpaired) electrons. The number of hydrogen-bond donors (Lipinski definition) is 0. The highest BCUT2D eigenvalue weighted by molar-refractivity contribution is 6.33. The number of aromatic nitrogens is 1. The fraction of sp³-hybridized carbons (Fsp3) is 0.600. The highest BCUT2D eigenvalue weighted by Crippen LogP contribution is 2.36. The van der Waals surface area contributed by atoms with Crippen LogP contribution < -0.4 is 4.90 Å². The lowest BCUT2D eigenvalue weighted by Gasteiger charge is -2.29. The minimum atomic E-state index is -4.48. The number of carbonyl (C=O) groups is 1. The number of halogens is 4.